The number of amides is 1. The standard InChI is InChI=1S/C15H26N2O2/c18-13-7-9-16(10-13)11-15(19)17-8-3-5-12-4-1-2-6-14(12)17/h12-14,18H,1-11H2/t12?,13-,14?/m1/s1. The average Bonchev–Trinajstić information content (AvgIpc) is 2.83. The summed E-state index contributed by atoms with van der Waals surface area (Å²) >= 11 is 0. The molecule has 19 heavy (non-hydrogen) atoms. The Morgan fingerprint density at radius 3 is 2.63 bits per heavy atom. The Labute approximate surface area is 115 Å². The second-order valence-electron chi connectivity index (χ2n) is 6.52. The maximum Gasteiger partial charge on any atom is 0.237 e. The zero-order valence-electron chi connectivity index (χ0n) is 11.8. The molecule has 4 nitrogen and oxygen atoms in total. The molecule has 108 valence electrons. The molecule has 2 heterocycles. The van der Waals surface area contributed by atoms with Gasteiger partial charge in [0.25, 0.3) is 0 Å². The molecule has 1 aliphatic carbocycles. The normalized spacial score (nSPS) is 36.3. The molecule has 0 aromatic heterocycles. The Hall–Kier alpha value is -0.610. The number of hydrogen-bond acceptors (Lipinski definition) is 3. The van der Waals surface area contributed by atoms with E-state index < -0.39 is 0 Å². The van der Waals surface area contributed by atoms with Crippen molar-refractivity contribution < 1.29 is 9.90 Å². The first-order valence-electron chi connectivity index (χ1n) is 7.94. The lowest BCUT2D eigenvalue weighted by molar-refractivity contribution is -0.138. The molecule has 0 aromatic rings. The number of β-amino-alcohol motifs (C(OH)–C–C–N with tert-alkyl or cyclic N) is 1. The highest BCUT2D eigenvalue weighted by Gasteiger charge is 2.36. The number of aliphatic hydroxyl groups excluding tert-OH is 1. The predicted octanol–water partition coefficient (Wildman–Crippen LogP) is 1.23. The van der Waals surface area contributed by atoms with Crippen LogP contribution in [-0.2, 0) is 4.79 Å². The van der Waals surface area contributed by atoms with Gasteiger partial charge < -0.3 is 10.0 Å². The van der Waals surface area contributed by atoms with Crippen LogP contribution in [0.4, 0.5) is 0 Å². The predicted molar refractivity (Wildman–Crippen MR) is 73.8 cm³/mol. The number of piperidine rings is 1. The van der Waals surface area contributed by atoms with E-state index in [2.05, 4.69) is 9.80 Å². The van der Waals surface area contributed by atoms with Gasteiger partial charge in [0.15, 0.2) is 0 Å². The molecule has 1 amide bonds. The van der Waals surface area contributed by atoms with E-state index in [4.69, 9.17) is 0 Å². The van der Waals surface area contributed by atoms with E-state index in [0.717, 1.165) is 25.4 Å². The number of carbonyl (C=O) groups excluding carboxylic acids is 1. The monoisotopic (exact) mass is 266 g/mol. The lowest BCUT2D eigenvalue weighted by Gasteiger charge is -2.44. The Morgan fingerprint density at radius 1 is 1.05 bits per heavy atom. The van der Waals surface area contributed by atoms with Crippen LogP contribution in [0.25, 0.3) is 0 Å². The van der Waals surface area contributed by atoms with Gasteiger partial charge in [-0.1, -0.05) is 12.8 Å². The van der Waals surface area contributed by atoms with Gasteiger partial charge in [0.05, 0.1) is 12.6 Å². The highest BCUT2D eigenvalue weighted by molar-refractivity contribution is 5.78. The molecule has 2 saturated heterocycles. The SMILES string of the molecule is O=C(CN1CC[C@@H](O)C1)N1CCCC2CCCCC21. The molecule has 2 unspecified atom stereocenters. The lowest BCUT2D eigenvalue weighted by Crippen LogP contribution is -2.52. The summed E-state index contributed by atoms with van der Waals surface area (Å²) in [6, 6.07) is 0.516. The molecule has 4 heteroatoms. The van der Waals surface area contributed by atoms with Crippen LogP contribution in [0.1, 0.15) is 44.9 Å². The van der Waals surface area contributed by atoms with E-state index in [1.165, 1.54) is 38.5 Å². The lowest BCUT2D eigenvalue weighted by atomic mass is 9.78. The number of aliphatic hydroxyl groups is 1. The van der Waals surface area contributed by atoms with Crippen molar-refractivity contribution in [2.75, 3.05) is 26.2 Å². The van der Waals surface area contributed by atoms with Gasteiger partial charge in [0.2, 0.25) is 5.91 Å². The summed E-state index contributed by atoms with van der Waals surface area (Å²) in [6.45, 7) is 3.01. The summed E-state index contributed by atoms with van der Waals surface area (Å²) in [6.07, 6.45) is 8.24. The molecule has 3 atom stereocenters. The van der Waals surface area contributed by atoms with E-state index in [9.17, 15) is 9.90 Å². The summed E-state index contributed by atoms with van der Waals surface area (Å²) in [5.41, 5.74) is 0. The number of carbonyl (C=O) groups is 1. The van der Waals surface area contributed by atoms with Gasteiger partial charge in [0, 0.05) is 25.7 Å². The summed E-state index contributed by atoms with van der Waals surface area (Å²) in [5.74, 6) is 1.06. The molecule has 2 aliphatic heterocycles. The zero-order chi connectivity index (χ0) is 13.2. The molecule has 3 aliphatic rings. The minimum atomic E-state index is -0.225. The third kappa shape index (κ3) is 2.95. The minimum absolute atomic E-state index is 0.225. The number of fused-ring (bicyclic) bond motifs is 1. The maximum absolute atomic E-state index is 12.5. The van der Waals surface area contributed by atoms with Gasteiger partial charge in [0.1, 0.15) is 0 Å². The second kappa shape index (κ2) is 5.80. The quantitative estimate of drug-likeness (QED) is 0.817. The van der Waals surface area contributed by atoms with Gasteiger partial charge in [-0.25, -0.2) is 0 Å². The van der Waals surface area contributed by atoms with Crippen LogP contribution in [0.3, 0.4) is 0 Å². The van der Waals surface area contributed by atoms with Crippen LogP contribution in [0, 0.1) is 5.92 Å². The van der Waals surface area contributed by atoms with Crippen molar-refractivity contribution in [2.24, 2.45) is 5.92 Å². The van der Waals surface area contributed by atoms with Gasteiger partial charge in [-0.3, -0.25) is 9.69 Å². The van der Waals surface area contributed by atoms with Crippen LogP contribution in [0.5, 0.6) is 0 Å². The van der Waals surface area contributed by atoms with Crippen molar-refractivity contribution in [1.82, 2.24) is 9.80 Å². The molecule has 1 N–H and O–H groups in total. The highest BCUT2D eigenvalue weighted by atomic mass is 16.3. The first kappa shape index (κ1) is 13.4. The Balaban J connectivity index is 1.58. The van der Waals surface area contributed by atoms with E-state index in [1.54, 1.807) is 0 Å². The van der Waals surface area contributed by atoms with Crippen molar-refractivity contribution >= 4 is 5.91 Å². The average molecular weight is 266 g/mol. The van der Waals surface area contributed by atoms with Crippen LogP contribution < -0.4 is 0 Å². The largest absolute Gasteiger partial charge is 0.392 e. The van der Waals surface area contributed by atoms with Crippen LogP contribution in [-0.4, -0.2) is 59.1 Å². The van der Waals surface area contributed by atoms with Crippen molar-refractivity contribution in [3.63, 3.8) is 0 Å². The second-order valence-corrected chi connectivity index (χ2v) is 6.52. The molecular weight excluding hydrogens is 240 g/mol. The number of rotatable bonds is 2. The topological polar surface area (TPSA) is 43.8 Å². The number of hydrogen-bond donors (Lipinski definition) is 1. The fourth-order valence-corrected chi connectivity index (χ4v) is 4.17. The summed E-state index contributed by atoms with van der Waals surface area (Å²) in [4.78, 5) is 16.8. The smallest absolute Gasteiger partial charge is 0.237 e. The summed E-state index contributed by atoms with van der Waals surface area (Å²) in [5, 5.41) is 9.54. The zero-order valence-corrected chi connectivity index (χ0v) is 11.8. The molecular formula is C15H26N2O2. The van der Waals surface area contributed by atoms with Gasteiger partial charge in [-0.05, 0) is 38.0 Å². The van der Waals surface area contributed by atoms with E-state index in [1.807, 2.05) is 0 Å². The van der Waals surface area contributed by atoms with Crippen molar-refractivity contribution in [3.8, 4) is 0 Å². The molecule has 1 saturated carbocycles. The molecule has 0 radical (unpaired) electrons. The maximum atomic E-state index is 12.5. The molecule has 0 aromatic carbocycles. The van der Waals surface area contributed by atoms with E-state index in [0.29, 0.717) is 25.0 Å². The summed E-state index contributed by atoms with van der Waals surface area (Å²) in [7, 11) is 0. The van der Waals surface area contributed by atoms with Gasteiger partial charge in [-0.15, -0.1) is 0 Å². The first-order valence-corrected chi connectivity index (χ1v) is 7.94. The summed E-state index contributed by atoms with van der Waals surface area (Å²) < 4.78 is 0. The number of likely N-dealkylation sites (tertiary alicyclic amines) is 2. The molecule has 3 rings (SSSR count). The first-order chi connectivity index (χ1) is 9.24. The van der Waals surface area contributed by atoms with Crippen molar-refractivity contribution in [1.29, 1.82) is 0 Å². The highest BCUT2D eigenvalue weighted by Crippen LogP contribution is 2.35. The van der Waals surface area contributed by atoms with Gasteiger partial charge >= 0.3 is 0 Å². The fourth-order valence-electron chi connectivity index (χ4n) is 4.17. The molecule has 0 bridgehead atoms. The number of nitrogens with zero attached hydrogens (tertiary/aromatic N) is 2. The van der Waals surface area contributed by atoms with Gasteiger partial charge in [-0.2, -0.15) is 0 Å². The Morgan fingerprint density at radius 2 is 1.84 bits per heavy atom. The van der Waals surface area contributed by atoms with Crippen LogP contribution in [0.15, 0.2) is 0 Å². The van der Waals surface area contributed by atoms with E-state index in [-0.39, 0.29) is 6.10 Å². The Kier molecular flexibility index (Phi) is 4.08. The van der Waals surface area contributed by atoms with Crippen molar-refractivity contribution in [3.05, 3.63) is 0 Å². The van der Waals surface area contributed by atoms with Crippen LogP contribution in [0.2, 0.25) is 0 Å². The molecule has 3 fully saturated rings. The van der Waals surface area contributed by atoms with Crippen LogP contribution >= 0.6 is 0 Å². The Bertz CT molecular complexity index is 332. The molecule has 0 spiro atoms. The van der Waals surface area contributed by atoms with Crippen molar-refractivity contribution in [2.45, 2.75) is 57.1 Å². The third-order valence-corrected chi connectivity index (χ3v) is 5.17. The van der Waals surface area contributed by atoms with E-state index >= 15 is 0 Å². The third-order valence-electron chi connectivity index (χ3n) is 5.17. The fraction of sp³-hybridized carbons (Fsp3) is 0.933. The minimum Gasteiger partial charge on any atom is -0.392 e.